The Balaban J connectivity index is 1.56. The zero-order chi connectivity index (χ0) is 20.6. The summed E-state index contributed by atoms with van der Waals surface area (Å²) in [5, 5.41) is 1.76. The first-order valence-electron chi connectivity index (χ1n) is 9.02. The second kappa shape index (κ2) is 7.68. The molecule has 0 spiro atoms. The highest BCUT2D eigenvalue weighted by Crippen LogP contribution is 2.38. The van der Waals surface area contributed by atoms with Gasteiger partial charge in [-0.05, 0) is 49.2 Å². The van der Waals surface area contributed by atoms with Crippen molar-refractivity contribution >= 4 is 45.0 Å². The third-order valence-electron chi connectivity index (χ3n) is 4.72. The molecule has 2 amide bonds. The maximum absolute atomic E-state index is 13.3. The first kappa shape index (κ1) is 19.7. The maximum atomic E-state index is 13.3. The summed E-state index contributed by atoms with van der Waals surface area (Å²) in [4.78, 5) is 27.3. The lowest BCUT2D eigenvalue weighted by atomic mass is 10.2. The zero-order valence-corrected chi connectivity index (χ0v) is 16.9. The van der Waals surface area contributed by atoms with Crippen LogP contribution in [-0.4, -0.2) is 43.5 Å². The molecule has 2 aromatic rings. The van der Waals surface area contributed by atoms with Crippen molar-refractivity contribution < 1.29 is 22.4 Å². The molecule has 0 bridgehead atoms. The molecule has 4 rings (SSSR count). The van der Waals surface area contributed by atoms with E-state index in [0.717, 1.165) is 30.7 Å². The molecule has 1 atom stereocenters. The fraction of sp³-hybridized carbons (Fsp3) is 0.263. The number of anilines is 2. The number of nitrogens with one attached hydrogen (secondary N) is 2. The highest BCUT2D eigenvalue weighted by Gasteiger charge is 2.37. The van der Waals surface area contributed by atoms with Gasteiger partial charge < -0.3 is 10.2 Å². The summed E-state index contributed by atoms with van der Waals surface area (Å²) in [7, 11) is -3.98. The van der Waals surface area contributed by atoms with Crippen LogP contribution in [0.3, 0.4) is 0 Å². The summed E-state index contributed by atoms with van der Waals surface area (Å²) in [6.45, 7) is 1.30. The number of fused-ring (bicyclic) bond motifs is 1. The van der Waals surface area contributed by atoms with Crippen LogP contribution in [0.4, 0.5) is 15.8 Å². The van der Waals surface area contributed by atoms with E-state index in [4.69, 9.17) is 0 Å². The Morgan fingerprint density at radius 3 is 2.66 bits per heavy atom. The average Bonchev–Trinajstić information content (AvgIpc) is 3.21. The summed E-state index contributed by atoms with van der Waals surface area (Å²) in [6, 6.07) is 9.40. The van der Waals surface area contributed by atoms with Gasteiger partial charge in [0.1, 0.15) is 5.82 Å². The molecule has 0 aromatic heterocycles. The monoisotopic (exact) mass is 435 g/mol. The molecule has 7 nitrogen and oxygen atoms in total. The van der Waals surface area contributed by atoms with E-state index < -0.39 is 27.0 Å². The standard InChI is InChI=1S/C19H18FN3O4S2/c20-12-4-3-5-13(10-12)22-29(26,27)14-6-7-16-15(11-14)21-18(24)17(28-16)19(25)23-8-1-2-9-23/h3-7,10-11,17,22H,1-2,8-9H2,(H,21,24). The van der Waals surface area contributed by atoms with Gasteiger partial charge in [-0.2, -0.15) is 0 Å². The van der Waals surface area contributed by atoms with E-state index in [2.05, 4.69) is 10.0 Å². The van der Waals surface area contributed by atoms with Crippen LogP contribution in [0.5, 0.6) is 0 Å². The minimum absolute atomic E-state index is 0.0780. The number of amides is 2. The number of carbonyl (C=O) groups excluding carboxylic acids is 2. The van der Waals surface area contributed by atoms with Crippen LogP contribution in [0.1, 0.15) is 12.8 Å². The Bertz CT molecular complexity index is 1080. The van der Waals surface area contributed by atoms with Gasteiger partial charge in [0.2, 0.25) is 11.8 Å². The number of nitrogens with zero attached hydrogens (tertiary/aromatic N) is 1. The highest BCUT2D eigenvalue weighted by atomic mass is 32.2. The van der Waals surface area contributed by atoms with E-state index >= 15 is 0 Å². The highest BCUT2D eigenvalue weighted by molar-refractivity contribution is 8.01. The van der Waals surface area contributed by atoms with E-state index in [0.29, 0.717) is 23.7 Å². The van der Waals surface area contributed by atoms with Crippen LogP contribution in [0.2, 0.25) is 0 Å². The molecular formula is C19H18FN3O4S2. The molecule has 10 heteroatoms. The fourth-order valence-electron chi connectivity index (χ4n) is 3.29. The molecule has 2 aromatic carbocycles. The summed E-state index contributed by atoms with van der Waals surface area (Å²) < 4.78 is 40.8. The van der Waals surface area contributed by atoms with E-state index in [1.54, 1.807) is 11.0 Å². The number of hydrogen-bond acceptors (Lipinski definition) is 5. The number of benzene rings is 2. The van der Waals surface area contributed by atoms with Crippen LogP contribution in [-0.2, 0) is 19.6 Å². The number of carbonyl (C=O) groups is 2. The van der Waals surface area contributed by atoms with Crippen molar-refractivity contribution in [1.82, 2.24) is 4.90 Å². The molecule has 2 aliphatic rings. The predicted molar refractivity (Wildman–Crippen MR) is 108 cm³/mol. The summed E-state index contributed by atoms with van der Waals surface area (Å²) in [5.74, 6) is -1.25. The van der Waals surface area contributed by atoms with Crippen molar-refractivity contribution in [3.63, 3.8) is 0 Å². The van der Waals surface area contributed by atoms with Crippen LogP contribution < -0.4 is 10.0 Å². The Labute approximate surface area is 171 Å². The molecular weight excluding hydrogens is 417 g/mol. The number of likely N-dealkylation sites (tertiary alicyclic amines) is 1. The lowest BCUT2D eigenvalue weighted by Crippen LogP contribution is -2.43. The van der Waals surface area contributed by atoms with E-state index in [1.165, 1.54) is 30.3 Å². The van der Waals surface area contributed by atoms with Crippen LogP contribution in [0, 0.1) is 5.82 Å². The van der Waals surface area contributed by atoms with Gasteiger partial charge in [-0.25, -0.2) is 12.8 Å². The minimum Gasteiger partial charge on any atom is -0.341 e. The second-order valence-corrected chi connectivity index (χ2v) is 9.62. The molecule has 2 N–H and O–H groups in total. The van der Waals surface area contributed by atoms with E-state index in [-0.39, 0.29) is 16.5 Å². The molecule has 1 fully saturated rings. The number of thioether (sulfide) groups is 1. The summed E-state index contributed by atoms with van der Waals surface area (Å²) in [6.07, 6.45) is 1.86. The number of hydrogen-bond donors (Lipinski definition) is 2. The molecule has 29 heavy (non-hydrogen) atoms. The third-order valence-corrected chi connectivity index (χ3v) is 7.36. The summed E-state index contributed by atoms with van der Waals surface area (Å²) in [5.41, 5.74) is 0.421. The van der Waals surface area contributed by atoms with Gasteiger partial charge in [-0.3, -0.25) is 14.3 Å². The first-order valence-corrected chi connectivity index (χ1v) is 11.4. The van der Waals surface area contributed by atoms with Gasteiger partial charge in [0, 0.05) is 18.0 Å². The molecule has 0 saturated carbocycles. The Morgan fingerprint density at radius 1 is 1.17 bits per heavy atom. The third kappa shape index (κ3) is 4.08. The van der Waals surface area contributed by atoms with Crippen molar-refractivity contribution in [2.45, 2.75) is 27.9 Å². The van der Waals surface area contributed by atoms with Crippen molar-refractivity contribution in [2.24, 2.45) is 0 Å². The van der Waals surface area contributed by atoms with Gasteiger partial charge in [0.25, 0.3) is 10.0 Å². The second-order valence-electron chi connectivity index (χ2n) is 6.79. The topological polar surface area (TPSA) is 95.6 Å². The van der Waals surface area contributed by atoms with Crippen LogP contribution in [0.15, 0.2) is 52.3 Å². The molecule has 0 radical (unpaired) electrons. The summed E-state index contributed by atoms with van der Waals surface area (Å²) >= 11 is 1.12. The molecule has 0 aliphatic carbocycles. The van der Waals surface area contributed by atoms with Gasteiger partial charge >= 0.3 is 0 Å². The van der Waals surface area contributed by atoms with Crippen molar-refractivity contribution in [2.75, 3.05) is 23.1 Å². The normalized spacial score (nSPS) is 18.9. The smallest absolute Gasteiger partial charge is 0.261 e. The largest absolute Gasteiger partial charge is 0.341 e. The van der Waals surface area contributed by atoms with Crippen LogP contribution >= 0.6 is 11.8 Å². The zero-order valence-electron chi connectivity index (χ0n) is 15.2. The van der Waals surface area contributed by atoms with Gasteiger partial charge in [0.05, 0.1) is 16.3 Å². The number of sulfonamides is 1. The lowest BCUT2D eigenvalue weighted by Gasteiger charge is -2.27. The molecule has 1 unspecified atom stereocenters. The van der Waals surface area contributed by atoms with E-state index in [9.17, 15) is 22.4 Å². The lowest BCUT2D eigenvalue weighted by molar-refractivity contribution is -0.133. The quantitative estimate of drug-likeness (QED) is 0.720. The molecule has 2 heterocycles. The van der Waals surface area contributed by atoms with Gasteiger partial charge in [-0.1, -0.05) is 6.07 Å². The van der Waals surface area contributed by atoms with Crippen molar-refractivity contribution in [3.05, 3.63) is 48.3 Å². The van der Waals surface area contributed by atoms with Crippen molar-refractivity contribution in [1.29, 1.82) is 0 Å². The van der Waals surface area contributed by atoms with Crippen molar-refractivity contribution in [3.8, 4) is 0 Å². The molecule has 152 valence electrons. The number of rotatable bonds is 4. The predicted octanol–water partition coefficient (Wildman–Crippen LogP) is 2.66. The Morgan fingerprint density at radius 2 is 1.93 bits per heavy atom. The van der Waals surface area contributed by atoms with E-state index in [1.807, 2.05) is 0 Å². The SMILES string of the molecule is O=C1Nc2cc(S(=O)(=O)Nc3cccc(F)c3)ccc2SC1C(=O)N1CCCC1. The fourth-order valence-corrected chi connectivity index (χ4v) is 5.42. The maximum Gasteiger partial charge on any atom is 0.261 e. The first-order chi connectivity index (χ1) is 13.8. The minimum atomic E-state index is -3.98. The number of halogens is 1. The van der Waals surface area contributed by atoms with Crippen LogP contribution in [0.25, 0.3) is 0 Å². The molecule has 2 aliphatic heterocycles. The van der Waals surface area contributed by atoms with Gasteiger partial charge in [0.15, 0.2) is 5.25 Å². The molecule has 1 saturated heterocycles. The Hall–Kier alpha value is -2.59. The average molecular weight is 436 g/mol. The Kier molecular flexibility index (Phi) is 5.22. The van der Waals surface area contributed by atoms with Gasteiger partial charge in [-0.15, -0.1) is 11.8 Å².